The van der Waals surface area contributed by atoms with Crippen molar-refractivity contribution < 1.29 is 9.36 Å². The van der Waals surface area contributed by atoms with Gasteiger partial charge in [0.2, 0.25) is 5.95 Å². The third-order valence-electron chi connectivity index (χ3n) is 5.74. The average molecular weight is 414 g/mol. The van der Waals surface area contributed by atoms with Gasteiger partial charge in [-0.05, 0) is 26.3 Å². The molecule has 8 nitrogen and oxygen atoms in total. The van der Waals surface area contributed by atoms with Gasteiger partial charge in [0.1, 0.15) is 12.1 Å². The number of nitrogens with two attached hydrogens (primary N) is 1. The topological polar surface area (TPSA) is 108 Å². The van der Waals surface area contributed by atoms with Gasteiger partial charge in [0, 0.05) is 18.5 Å². The number of hydrogen-bond donors (Lipinski definition) is 3. The quantitative estimate of drug-likeness (QED) is 0.456. The summed E-state index contributed by atoms with van der Waals surface area (Å²) < 4.78 is 2.05. The van der Waals surface area contributed by atoms with E-state index in [0.717, 1.165) is 13.0 Å². The maximum atomic E-state index is 13.4. The molecule has 162 valence electrons. The number of hydrogen-bond acceptors (Lipinski definition) is 5. The zero-order valence-electron chi connectivity index (χ0n) is 18.1. The molecule has 4 N–H and O–H groups in total. The number of unbranched alkanes of at least 4 members (excludes halogenated alkanes) is 5. The molecule has 2 atom stereocenters. The number of carbonyl (C=O) groups excluding carboxylic acids is 1. The molecule has 0 fully saturated rings. The summed E-state index contributed by atoms with van der Waals surface area (Å²) in [6, 6.07) is 3.38. The van der Waals surface area contributed by atoms with Gasteiger partial charge in [-0.25, -0.2) is 4.57 Å². The van der Waals surface area contributed by atoms with Crippen LogP contribution in [0.5, 0.6) is 0 Å². The van der Waals surface area contributed by atoms with E-state index in [4.69, 9.17) is 5.73 Å². The van der Waals surface area contributed by atoms with E-state index < -0.39 is 5.56 Å². The number of H-pyrrole nitrogens is 1. The highest BCUT2D eigenvalue weighted by molar-refractivity contribution is 6.08. The zero-order chi connectivity index (χ0) is 21.7. The molecule has 2 aromatic rings. The van der Waals surface area contributed by atoms with Gasteiger partial charge in [-0.15, -0.1) is 0 Å². The molecule has 0 aromatic carbocycles. The van der Waals surface area contributed by atoms with Crippen molar-refractivity contribution in [1.82, 2.24) is 9.97 Å². The summed E-state index contributed by atoms with van der Waals surface area (Å²) in [5.74, 6) is 0.148. The molecule has 3 rings (SSSR count). The Morgan fingerprint density at radius 1 is 1.23 bits per heavy atom. The Morgan fingerprint density at radius 2 is 1.97 bits per heavy atom. The van der Waals surface area contributed by atoms with Crippen LogP contribution in [0.3, 0.4) is 0 Å². The van der Waals surface area contributed by atoms with Crippen LogP contribution >= 0.6 is 0 Å². The molecular weight excluding hydrogens is 380 g/mol. The van der Waals surface area contributed by atoms with Crippen LogP contribution in [0, 0.1) is 0 Å². The van der Waals surface area contributed by atoms with E-state index in [0.29, 0.717) is 11.4 Å². The minimum atomic E-state index is -0.423. The standard InChI is InChI=1S/C22H32N6O2/c1-4-5-6-7-8-9-12-27-13-10-11-17(14-27)21(30)28-16(3)15(2)24-19-18(28)20(29)26-22(23)25-19/h10-11,13-16H,4-9,12H2,1-3H3,(H3-,23,24,25,26,29)/p+1/t15-,16-/m0/s1. The Morgan fingerprint density at radius 3 is 2.73 bits per heavy atom. The lowest BCUT2D eigenvalue weighted by molar-refractivity contribution is -0.697. The van der Waals surface area contributed by atoms with E-state index >= 15 is 0 Å². The summed E-state index contributed by atoms with van der Waals surface area (Å²) in [6.45, 7) is 6.96. The maximum Gasteiger partial charge on any atom is 0.278 e. The first-order chi connectivity index (χ1) is 14.4. The van der Waals surface area contributed by atoms with Gasteiger partial charge >= 0.3 is 0 Å². The zero-order valence-corrected chi connectivity index (χ0v) is 18.1. The van der Waals surface area contributed by atoms with Crippen LogP contribution in [-0.4, -0.2) is 28.0 Å². The van der Waals surface area contributed by atoms with E-state index in [1.807, 2.05) is 32.3 Å². The number of anilines is 3. The van der Waals surface area contributed by atoms with Gasteiger partial charge in [0.05, 0.1) is 6.04 Å². The molecule has 0 aliphatic carbocycles. The molecule has 1 aliphatic heterocycles. The van der Waals surface area contributed by atoms with Gasteiger partial charge in [-0.2, -0.15) is 4.98 Å². The van der Waals surface area contributed by atoms with E-state index in [2.05, 4.69) is 26.8 Å². The predicted molar refractivity (Wildman–Crippen MR) is 119 cm³/mol. The fraction of sp³-hybridized carbons (Fsp3) is 0.545. The molecule has 8 heteroatoms. The Hall–Kier alpha value is -2.90. The van der Waals surface area contributed by atoms with Crippen molar-refractivity contribution in [2.24, 2.45) is 0 Å². The summed E-state index contributed by atoms with van der Waals surface area (Å²) in [4.78, 5) is 34.2. The summed E-state index contributed by atoms with van der Waals surface area (Å²) in [5, 5.41) is 3.18. The molecule has 0 spiro atoms. The van der Waals surface area contributed by atoms with Crippen LogP contribution in [0.2, 0.25) is 0 Å². The molecule has 0 saturated carbocycles. The predicted octanol–water partition coefficient (Wildman–Crippen LogP) is 2.85. The van der Waals surface area contributed by atoms with Crippen LogP contribution < -0.4 is 26.1 Å². The van der Waals surface area contributed by atoms with Crippen LogP contribution in [0.25, 0.3) is 0 Å². The number of nitrogens with zero attached hydrogens (tertiary/aromatic N) is 3. The first kappa shape index (κ1) is 21.8. The van der Waals surface area contributed by atoms with Crippen LogP contribution in [0.1, 0.15) is 69.7 Å². The van der Waals surface area contributed by atoms with Crippen molar-refractivity contribution in [3.8, 4) is 0 Å². The fourth-order valence-corrected chi connectivity index (χ4v) is 3.86. The largest absolute Gasteiger partial charge is 0.369 e. The number of fused-ring (bicyclic) bond motifs is 1. The number of aromatic nitrogens is 3. The smallest absolute Gasteiger partial charge is 0.278 e. The Labute approximate surface area is 177 Å². The van der Waals surface area contributed by atoms with Crippen molar-refractivity contribution in [3.05, 3.63) is 40.4 Å². The number of nitrogens with one attached hydrogen (secondary N) is 2. The third kappa shape index (κ3) is 4.80. The summed E-state index contributed by atoms with van der Waals surface area (Å²) in [6.07, 6.45) is 11.2. The second-order valence-corrected chi connectivity index (χ2v) is 8.10. The number of pyridine rings is 1. The van der Waals surface area contributed by atoms with Gasteiger partial charge in [0.25, 0.3) is 11.5 Å². The molecule has 2 aromatic heterocycles. The fourth-order valence-electron chi connectivity index (χ4n) is 3.86. The maximum absolute atomic E-state index is 13.4. The molecule has 0 unspecified atom stereocenters. The van der Waals surface area contributed by atoms with E-state index in [1.54, 1.807) is 6.07 Å². The van der Waals surface area contributed by atoms with Crippen molar-refractivity contribution in [2.45, 2.75) is 77.9 Å². The van der Waals surface area contributed by atoms with Crippen molar-refractivity contribution >= 4 is 23.4 Å². The molecule has 0 radical (unpaired) electrons. The lowest BCUT2D eigenvalue weighted by Gasteiger charge is -2.38. The van der Waals surface area contributed by atoms with Crippen molar-refractivity contribution in [2.75, 3.05) is 16.0 Å². The second-order valence-electron chi connectivity index (χ2n) is 8.10. The highest BCUT2D eigenvalue weighted by atomic mass is 16.2. The number of amides is 1. The second kappa shape index (κ2) is 9.73. The summed E-state index contributed by atoms with van der Waals surface area (Å²) >= 11 is 0. The van der Waals surface area contributed by atoms with Crippen LogP contribution in [-0.2, 0) is 6.54 Å². The number of aromatic amines is 1. The number of carbonyl (C=O) groups is 1. The minimum absolute atomic E-state index is 0.0249. The summed E-state index contributed by atoms with van der Waals surface area (Å²) in [5.41, 5.74) is 6.03. The lowest BCUT2D eigenvalue weighted by atomic mass is 10.0. The molecule has 1 amide bonds. The normalized spacial score (nSPS) is 18.0. The Balaban J connectivity index is 1.79. The molecular formula is C22H33N6O2+. The highest BCUT2D eigenvalue weighted by Crippen LogP contribution is 2.30. The van der Waals surface area contributed by atoms with Crippen molar-refractivity contribution in [1.29, 1.82) is 0 Å². The van der Waals surface area contributed by atoms with Gasteiger partial charge in [0.15, 0.2) is 23.9 Å². The lowest BCUT2D eigenvalue weighted by Crippen LogP contribution is -2.53. The highest BCUT2D eigenvalue weighted by Gasteiger charge is 2.37. The number of aryl methyl sites for hydroxylation is 1. The van der Waals surface area contributed by atoms with E-state index in [9.17, 15) is 9.59 Å². The Kier molecular flexibility index (Phi) is 7.07. The van der Waals surface area contributed by atoms with Gasteiger partial charge in [-0.3, -0.25) is 19.5 Å². The molecule has 1 aliphatic rings. The van der Waals surface area contributed by atoms with Crippen molar-refractivity contribution in [3.63, 3.8) is 0 Å². The SMILES string of the molecule is CCCCCCCC[n+]1cccc(C(=O)N2c3c(nc(N)[nH]c3=O)N[C@@H](C)[C@@H]2C)c1. The molecule has 30 heavy (non-hydrogen) atoms. The minimum Gasteiger partial charge on any atom is -0.369 e. The average Bonchev–Trinajstić information content (AvgIpc) is 2.71. The number of nitrogen functional groups attached to an aromatic ring is 1. The van der Waals surface area contributed by atoms with Crippen LogP contribution in [0.15, 0.2) is 29.3 Å². The van der Waals surface area contributed by atoms with E-state index in [1.165, 1.54) is 37.0 Å². The first-order valence-corrected chi connectivity index (χ1v) is 10.9. The molecule has 3 heterocycles. The first-order valence-electron chi connectivity index (χ1n) is 10.9. The number of rotatable bonds is 8. The van der Waals surface area contributed by atoms with Gasteiger partial charge in [-0.1, -0.05) is 32.6 Å². The Bertz CT molecular complexity index is 941. The van der Waals surface area contributed by atoms with Gasteiger partial charge < -0.3 is 11.1 Å². The monoisotopic (exact) mass is 413 g/mol. The summed E-state index contributed by atoms with van der Waals surface area (Å²) in [7, 11) is 0. The van der Waals surface area contributed by atoms with Crippen LogP contribution in [0.4, 0.5) is 17.5 Å². The molecule has 0 saturated heterocycles. The molecule has 0 bridgehead atoms. The third-order valence-corrected chi connectivity index (χ3v) is 5.74. The van der Waals surface area contributed by atoms with E-state index in [-0.39, 0.29) is 29.6 Å².